The van der Waals surface area contributed by atoms with Crippen molar-refractivity contribution in [2.75, 3.05) is 24.5 Å². The van der Waals surface area contributed by atoms with Crippen molar-refractivity contribution < 1.29 is 27.1 Å². The zero-order valence-electron chi connectivity index (χ0n) is 23.6. The van der Waals surface area contributed by atoms with Crippen LogP contribution in [0.3, 0.4) is 0 Å². The van der Waals surface area contributed by atoms with Gasteiger partial charge in [0.1, 0.15) is 24.2 Å². The largest absolute Gasteiger partial charge is 0.495 e. The van der Waals surface area contributed by atoms with E-state index in [-0.39, 0.29) is 28.1 Å². The number of unbranched alkanes of at least 4 members (excludes halogenated alkanes) is 1. The van der Waals surface area contributed by atoms with Crippen molar-refractivity contribution in [1.29, 1.82) is 0 Å². The van der Waals surface area contributed by atoms with Gasteiger partial charge < -0.3 is 15.0 Å². The molecule has 11 heteroatoms. The van der Waals surface area contributed by atoms with Crippen molar-refractivity contribution in [3.05, 3.63) is 88.7 Å². The smallest absolute Gasteiger partial charge is 0.264 e. The molecule has 0 aliphatic carbocycles. The summed E-state index contributed by atoms with van der Waals surface area (Å²) >= 11 is 6.34. The van der Waals surface area contributed by atoms with Crippen LogP contribution in [0.25, 0.3) is 0 Å². The molecule has 1 N–H and O–H groups in total. The van der Waals surface area contributed by atoms with Crippen LogP contribution < -0.4 is 14.4 Å². The molecule has 0 aliphatic rings. The Kier molecular flexibility index (Phi) is 11.1. The van der Waals surface area contributed by atoms with E-state index < -0.39 is 34.3 Å². The third-order valence-electron chi connectivity index (χ3n) is 6.57. The number of carbonyl (C=O) groups is 2. The van der Waals surface area contributed by atoms with Gasteiger partial charge in [-0.25, -0.2) is 12.8 Å². The third-order valence-corrected chi connectivity index (χ3v) is 8.66. The van der Waals surface area contributed by atoms with E-state index in [4.69, 9.17) is 16.3 Å². The van der Waals surface area contributed by atoms with Gasteiger partial charge in [-0.15, -0.1) is 0 Å². The fraction of sp³-hybridized carbons (Fsp3) is 0.333. The van der Waals surface area contributed by atoms with Crippen LogP contribution in [0.1, 0.15) is 37.8 Å². The molecule has 41 heavy (non-hydrogen) atoms. The molecular formula is C30H35ClFN3O5S. The van der Waals surface area contributed by atoms with Gasteiger partial charge in [0.15, 0.2) is 0 Å². The second-order valence-corrected chi connectivity index (χ2v) is 11.9. The second-order valence-electron chi connectivity index (χ2n) is 9.61. The maximum Gasteiger partial charge on any atom is 0.264 e. The predicted octanol–water partition coefficient (Wildman–Crippen LogP) is 5.33. The molecule has 0 bridgehead atoms. The number of nitrogens with zero attached hydrogens (tertiary/aromatic N) is 2. The molecule has 3 rings (SSSR count). The SMILES string of the molecule is CCCCNC(=O)C(C)N(Cc1ccc(F)cc1)C(=O)CN(c1ccc(OC)c(Cl)c1)S(=O)(=O)c1ccc(C)cc1. The Balaban J connectivity index is 2.03. The Labute approximate surface area is 246 Å². The predicted molar refractivity (Wildman–Crippen MR) is 158 cm³/mol. The molecular weight excluding hydrogens is 569 g/mol. The van der Waals surface area contributed by atoms with Crippen LogP contribution in [0, 0.1) is 12.7 Å². The van der Waals surface area contributed by atoms with Gasteiger partial charge in [-0.05, 0) is 68.3 Å². The standard InChI is InChI=1S/C30H35ClFN3O5S/c1-5-6-17-33-30(37)22(3)34(19-23-9-11-24(32)12-10-23)29(36)20-35(25-13-16-28(40-4)27(31)18-25)41(38,39)26-14-7-21(2)8-15-26/h7-16,18,22H,5-6,17,19-20H2,1-4H3,(H,33,37). The van der Waals surface area contributed by atoms with E-state index in [9.17, 15) is 22.4 Å². The maximum absolute atomic E-state index is 13.9. The fourth-order valence-electron chi connectivity index (χ4n) is 4.08. The number of methoxy groups -OCH3 is 1. The number of sulfonamides is 1. The number of nitrogens with one attached hydrogen (secondary N) is 1. The molecule has 0 aromatic heterocycles. The van der Waals surface area contributed by atoms with Crippen LogP contribution in [0.15, 0.2) is 71.6 Å². The minimum absolute atomic E-state index is 0.0155. The van der Waals surface area contributed by atoms with Gasteiger partial charge in [0.05, 0.1) is 22.7 Å². The first-order chi connectivity index (χ1) is 19.5. The topological polar surface area (TPSA) is 96.0 Å². The number of benzene rings is 3. The molecule has 0 saturated carbocycles. The Morgan fingerprint density at radius 2 is 1.71 bits per heavy atom. The first-order valence-corrected chi connectivity index (χ1v) is 15.0. The van der Waals surface area contributed by atoms with E-state index in [1.54, 1.807) is 19.1 Å². The van der Waals surface area contributed by atoms with Gasteiger partial charge in [0, 0.05) is 13.1 Å². The third kappa shape index (κ3) is 8.20. The summed E-state index contributed by atoms with van der Waals surface area (Å²) in [4.78, 5) is 28.2. The molecule has 2 amide bonds. The summed E-state index contributed by atoms with van der Waals surface area (Å²) in [6.45, 7) is 5.19. The van der Waals surface area contributed by atoms with E-state index >= 15 is 0 Å². The van der Waals surface area contributed by atoms with Gasteiger partial charge in [-0.3, -0.25) is 13.9 Å². The molecule has 0 aliphatic heterocycles. The molecule has 0 fully saturated rings. The highest BCUT2D eigenvalue weighted by Gasteiger charge is 2.32. The highest BCUT2D eigenvalue weighted by molar-refractivity contribution is 7.92. The van der Waals surface area contributed by atoms with E-state index in [0.29, 0.717) is 17.9 Å². The molecule has 8 nitrogen and oxygen atoms in total. The number of hydrogen-bond donors (Lipinski definition) is 1. The summed E-state index contributed by atoms with van der Waals surface area (Å²) in [5, 5.41) is 2.98. The Hall–Kier alpha value is -3.63. The van der Waals surface area contributed by atoms with Crippen molar-refractivity contribution >= 4 is 39.1 Å². The van der Waals surface area contributed by atoms with Gasteiger partial charge in [0.25, 0.3) is 10.0 Å². The van der Waals surface area contributed by atoms with Crippen LogP contribution in [-0.4, -0.2) is 51.4 Å². The number of carbonyl (C=O) groups excluding carboxylic acids is 2. The first-order valence-electron chi connectivity index (χ1n) is 13.2. The van der Waals surface area contributed by atoms with E-state index in [1.807, 2.05) is 13.8 Å². The average Bonchev–Trinajstić information content (AvgIpc) is 2.95. The first kappa shape index (κ1) is 31.9. The molecule has 0 heterocycles. The van der Waals surface area contributed by atoms with Crippen LogP contribution in [0.2, 0.25) is 5.02 Å². The molecule has 220 valence electrons. The van der Waals surface area contributed by atoms with Crippen LogP contribution >= 0.6 is 11.6 Å². The van der Waals surface area contributed by atoms with Crippen LogP contribution in [-0.2, 0) is 26.2 Å². The normalized spacial score (nSPS) is 12.0. The van der Waals surface area contributed by atoms with Crippen LogP contribution in [0.4, 0.5) is 10.1 Å². The van der Waals surface area contributed by atoms with Crippen molar-refractivity contribution in [2.45, 2.75) is 51.1 Å². The molecule has 0 spiro atoms. The molecule has 3 aromatic carbocycles. The summed E-state index contributed by atoms with van der Waals surface area (Å²) < 4.78 is 47.5. The highest BCUT2D eigenvalue weighted by atomic mass is 35.5. The van der Waals surface area contributed by atoms with E-state index in [1.165, 1.54) is 66.6 Å². The van der Waals surface area contributed by atoms with Crippen molar-refractivity contribution in [1.82, 2.24) is 10.2 Å². The quantitative estimate of drug-likeness (QED) is 0.267. The number of aryl methyl sites for hydroxylation is 1. The lowest BCUT2D eigenvalue weighted by Crippen LogP contribution is -2.51. The number of amides is 2. The highest BCUT2D eigenvalue weighted by Crippen LogP contribution is 2.32. The summed E-state index contributed by atoms with van der Waals surface area (Å²) in [6.07, 6.45) is 1.65. The van der Waals surface area contributed by atoms with Crippen LogP contribution in [0.5, 0.6) is 5.75 Å². The van der Waals surface area contributed by atoms with Gasteiger partial charge in [-0.1, -0.05) is 54.8 Å². The number of halogens is 2. The summed E-state index contributed by atoms with van der Waals surface area (Å²) in [7, 11) is -2.81. The molecule has 1 unspecified atom stereocenters. The summed E-state index contributed by atoms with van der Waals surface area (Å²) in [5.74, 6) is -1.11. The maximum atomic E-state index is 13.9. The van der Waals surface area contributed by atoms with Gasteiger partial charge in [0.2, 0.25) is 11.8 Å². The number of hydrogen-bond acceptors (Lipinski definition) is 5. The van der Waals surface area contributed by atoms with Gasteiger partial charge in [-0.2, -0.15) is 0 Å². The zero-order valence-corrected chi connectivity index (χ0v) is 25.1. The van der Waals surface area contributed by atoms with E-state index in [0.717, 1.165) is 22.7 Å². The Bertz CT molecular complexity index is 1450. The molecule has 1 atom stereocenters. The Morgan fingerprint density at radius 3 is 2.29 bits per heavy atom. The minimum Gasteiger partial charge on any atom is -0.495 e. The Morgan fingerprint density at radius 1 is 1.05 bits per heavy atom. The molecule has 0 radical (unpaired) electrons. The van der Waals surface area contributed by atoms with E-state index in [2.05, 4.69) is 5.32 Å². The second kappa shape index (κ2) is 14.3. The number of anilines is 1. The monoisotopic (exact) mass is 603 g/mol. The summed E-state index contributed by atoms with van der Waals surface area (Å²) in [5.41, 5.74) is 1.59. The molecule has 0 saturated heterocycles. The lowest BCUT2D eigenvalue weighted by Gasteiger charge is -2.32. The average molecular weight is 604 g/mol. The fourth-order valence-corrected chi connectivity index (χ4v) is 5.74. The molecule has 3 aromatic rings. The van der Waals surface area contributed by atoms with Crippen molar-refractivity contribution in [3.63, 3.8) is 0 Å². The minimum atomic E-state index is -4.24. The van der Waals surface area contributed by atoms with Crippen molar-refractivity contribution in [2.24, 2.45) is 0 Å². The van der Waals surface area contributed by atoms with Crippen molar-refractivity contribution in [3.8, 4) is 5.75 Å². The zero-order chi connectivity index (χ0) is 30.2. The van der Waals surface area contributed by atoms with Gasteiger partial charge >= 0.3 is 0 Å². The number of rotatable bonds is 13. The lowest BCUT2D eigenvalue weighted by atomic mass is 10.1. The number of ether oxygens (including phenoxy) is 1. The summed E-state index contributed by atoms with van der Waals surface area (Å²) in [6, 6.07) is 15.3. The lowest BCUT2D eigenvalue weighted by molar-refractivity contribution is -0.139.